The molecule has 0 saturated carbocycles. The molecule has 0 saturated heterocycles. The molecule has 0 heterocycles. The lowest BCUT2D eigenvalue weighted by Crippen LogP contribution is -2.36. The van der Waals surface area contributed by atoms with Crippen LogP contribution in [-0.4, -0.2) is 49.2 Å². The van der Waals surface area contributed by atoms with Gasteiger partial charge >= 0.3 is 0 Å². The second-order valence-electron chi connectivity index (χ2n) is 13.6. The maximum Gasteiger partial charge on any atom is 0.160 e. The first kappa shape index (κ1) is 37.5. The Morgan fingerprint density at radius 1 is 0.690 bits per heavy atom. The van der Waals surface area contributed by atoms with Crippen molar-refractivity contribution < 1.29 is 28.5 Å². The van der Waals surface area contributed by atoms with Crippen LogP contribution in [0, 0.1) is 0 Å². The maximum atomic E-state index is 11.7. The SMILES string of the molecule is CC=O.COC(C)(C)CCOC(C)(C)c1ccc(C(C)(C)c2ccc(OC(C)(C)CCOC(C)(C)C(C)=O)cc2)cc1. The van der Waals surface area contributed by atoms with Gasteiger partial charge in [0.2, 0.25) is 0 Å². The molecule has 2 aromatic carbocycles. The topological polar surface area (TPSA) is 71.1 Å². The number of carbonyl (C=O) groups is 2. The van der Waals surface area contributed by atoms with Crippen molar-refractivity contribution in [3.05, 3.63) is 65.2 Å². The summed E-state index contributed by atoms with van der Waals surface area (Å²) in [5.74, 6) is 0.837. The van der Waals surface area contributed by atoms with Crippen LogP contribution >= 0.6 is 0 Å². The van der Waals surface area contributed by atoms with Crippen molar-refractivity contribution in [2.24, 2.45) is 0 Å². The second-order valence-corrected chi connectivity index (χ2v) is 13.6. The van der Waals surface area contributed by atoms with E-state index in [9.17, 15) is 4.79 Å². The first-order valence-electron chi connectivity index (χ1n) is 14.9. The van der Waals surface area contributed by atoms with E-state index < -0.39 is 11.2 Å². The number of aldehydes is 1. The number of methoxy groups -OCH3 is 1. The summed E-state index contributed by atoms with van der Waals surface area (Å²) in [6.07, 6.45) is 2.26. The molecule has 42 heavy (non-hydrogen) atoms. The van der Waals surface area contributed by atoms with Crippen molar-refractivity contribution in [3.8, 4) is 5.75 Å². The molecule has 0 radical (unpaired) electrons. The first-order valence-corrected chi connectivity index (χ1v) is 14.9. The molecular formula is C36H56O6. The van der Waals surface area contributed by atoms with Gasteiger partial charge in [0.15, 0.2) is 5.78 Å². The minimum atomic E-state index is -0.772. The molecule has 0 aliphatic carbocycles. The molecule has 0 aromatic heterocycles. The van der Waals surface area contributed by atoms with Gasteiger partial charge < -0.3 is 23.7 Å². The fraction of sp³-hybridized carbons (Fsp3) is 0.611. The van der Waals surface area contributed by atoms with Crippen molar-refractivity contribution in [2.45, 2.75) is 124 Å². The predicted molar refractivity (Wildman–Crippen MR) is 171 cm³/mol. The van der Waals surface area contributed by atoms with Crippen molar-refractivity contribution in [1.82, 2.24) is 0 Å². The third-order valence-electron chi connectivity index (χ3n) is 8.01. The Morgan fingerprint density at radius 3 is 1.55 bits per heavy atom. The van der Waals surface area contributed by atoms with Crippen molar-refractivity contribution in [1.29, 1.82) is 0 Å². The lowest BCUT2D eigenvalue weighted by molar-refractivity contribution is -0.139. The van der Waals surface area contributed by atoms with Crippen LogP contribution in [0.4, 0.5) is 0 Å². The summed E-state index contributed by atoms with van der Waals surface area (Å²) in [6, 6.07) is 17.1. The van der Waals surface area contributed by atoms with Crippen LogP contribution in [0.15, 0.2) is 48.5 Å². The van der Waals surface area contributed by atoms with Gasteiger partial charge in [-0.1, -0.05) is 50.2 Å². The number of rotatable bonds is 15. The molecule has 2 aromatic rings. The summed E-state index contributed by atoms with van der Waals surface area (Å²) in [4.78, 5) is 20.5. The van der Waals surface area contributed by atoms with Crippen molar-refractivity contribution >= 4 is 12.1 Å². The molecule has 0 unspecified atom stereocenters. The predicted octanol–water partition coefficient (Wildman–Crippen LogP) is 8.22. The first-order chi connectivity index (χ1) is 19.2. The highest BCUT2D eigenvalue weighted by atomic mass is 16.5. The molecule has 2 rings (SSSR count). The molecule has 0 aliphatic rings. The molecule has 236 valence electrons. The lowest BCUT2D eigenvalue weighted by Gasteiger charge is -2.31. The molecule has 0 amide bonds. The Morgan fingerprint density at radius 2 is 1.10 bits per heavy atom. The lowest BCUT2D eigenvalue weighted by atomic mass is 9.77. The number of ketones is 1. The van der Waals surface area contributed by atoms with E-state index in [-0.39, 0.29) is 22.4 Å². The van der Waals surface area contributed by atoms with Crippen LogP contribution in [0.3, 0.4) is 0 Å². The largest absolute Gasteiger partial charge is 0.488 e. The Kier molecular flexibility index (Phi) is 13.6. The fourth-order valence-electron chi connectivity index (χ4n) is 4.16. The Hall–Kier alpha value is -2.54. The number of hydrogen-bond donors (Lipinski definition) is 0. The summed E-state index contributed by atoms with van der Waals surface area (Å²) in [6.45, 7) is 24.6. The van der Waals surface area contributed by atoms with Gasteiger partial charge in [-0.25, -0.2) is 0 Å². The highest BCUT2D eigenvalue weighted by Gasteiger charge is 2.29. The summed E-state index contributed by atoms with van der Waals surface area (Å²) in [5, 5.41) is 0. The van der Waals surface area contributed by atoms with Gasteiger partial charge in [-0.3, -0.25) is 4.79 Å². The molecule has 0 spiro atoms. The smallest absolute Gasteiger partial charge is 0.160 e. The highest BCUT2D eigenvalue weighted by Crippen LogP contribution is 2.35. The molecule has 0 bridgehead atoms. The zero-order valence-corrected chi connectivity index (χ0v) is 28.5. The van der Waals surface area contributed by atoms with Gasteiger partial charge in [0.25, 0.3) is 0 Å². The molecule has 6 heteroatoms. The molecular weight excluding hydrogens is 528 g/mol. The third-order valence-corrected chi connectivity index (χ3v) is 8.01. The molecule has 0 fully saturated rings. The molecule has 0 atom stereocenters. The zero-order chi connectivity index (χ0) is 32.4. The Labute approximate surface area is 255 Å². The van der Waals surface area contributed by atoms with E-state index in [1.54, 1.807) is 27.9 Å². The molecule has 6 nitrogen and oxygen atoms in total. The Balaban J connectivity index is 0.00000281. The van der Waals surface area contributed by atoms with E-state index >= 15 is 0 Å². The molecule has 0 N–H and O–H groups in total. The summed E-state index contributed by atoms with van der Waals surface area (Å²) >= 11 is 0. The van der Waals surface area contributed by atoms with Crippen LogP contribution in [0.25, 0.3) is 0 Å². The number of Topliss-reactive ketones (excluding diaryl/α,β-unsaturated/α-hetero) is 1. The average Bonchev–Trinajstić information content (AvgIpc) is 2.88. The van der Waals surface area contributed by atoms with Crippen molar-refractivity contribution in [2.75, 3.05) is 20.3 Å². The van der Waals surface area contributed by atoms with Crippen LogP contribution in [0.1, 0.15) is 113 Å². The standard InChI is InChI=1S/C34H52O5.C2H4O/c1-25(35)33(8,9)37-24-22-31(4,5)39-29-19-17-27(18-20-29)32(6,7)26-13-15-28(16-14-26)34(10,11)38-23-21-30(2,3)36-12;1-2-3/h13-20H,21-24H2,1-12H3;2H,1H3. The molecule has 0 aliphatic heterocycles. The average molecular weight is 585 g/mol. The van der Waals surface area contributed by atoms with E-state index in [2.05, 4.69) is 77.9 Å². The van der Waals surface area contributed by atoms with Gasteiger partial charge in [0, 0.05) is 18.9 Å². The van der Waals surface area contributed by atoms with Crippen molar-refractivity contribution in [3.63, 3.8) is 0 Å². The van der Waals surface area contributed by atoms with E-state index in [4.69, 9.17) is 23.7 Å². The normalized spacial score (nSPS) is 12.8. The van der Waals surface area contributed by atoms with Crippen LogP contribution < -0.4 is 4.74 Å². The van der Waals surface area contributed by atoms with Crippen LogP contribution in [-0.2, 0) is 34.8 Å². The number of hydrogen-bond acceptors (Lipinski definition) is 6. The van der Waals surface area contributed by atoms with Gasteiger partial charge in [0.1, 0.15) is 23.2 Å². The van der Waals surface area contributed by atoms with E-state index in [0.29, 0.717) is 19.6 Å². The third kappa shape index (κ3) is 11.6. The van der Waals surface area contributed by atoms with Crippen LogP contribution in [0.2, 0.25) is 0 Å². The van der Waals surface area contributed by atoms with Crippen LogP contribution in [0.5, 0.6) is 5.75 Å². The minimum absolute atomic E-state index is 0.0215. The second kappa shape index (κ2) is 15.3. The highest BCUT2D eigenvalue weighted by molar-refractivity contribution is 5.83. The number of ether oxygens (including phenoxy) is 4. The monoisotopic (exact) mass is 584 g/mol. The van der Waals surface area contributed by atoms with Gasteiger partial charge in [-0.2, -0.15) is 0 Å². The summed E-state index contributed by atoms with van der Waals surface area (Å²) < 4.78 is 23.8. The number of benzene rings is 2. The van der Waals surface area contributed by atoms with E-state index in [1.165, 1.54) is 18.1 Å². The van der Waals surface area contributed by atoms with E-state index in [1.807, 2.05) is 26.0 Å². The van der Waals surface area contributed by atoms with E-state index in [0.717, 1.165) is 24.0 Å². The Bertz CT molecular complexity index is 1110. The zero-order valence-electron chi connectivity index (χ0n) is 28.5. The van der Waals surface area contributed by atoms with Gasteiger partial charge in [-0.15, -0.1) is 0 Å². The minimum Gasteiger partial charge on any atom is -0.488 e. The van der Waals surface area contributed by atoms with Gasteiger partial charge in [-0.05, 0) is 104 Å². The summed E-state index contributed by atoms with van der Waals surface area (Å²) in [7, 11) is 1.74. The maximum absolute atomic E-state index is 11.7. The quantitative estimate of drug-likeness (QED) is 0.196. The van der Waals surface area contributed by atoms with Gasteiger partial charge in [0.05, 0.1) is 24.4 Å². The summed E-state index contributed by atoms with van der Waals surface area (Å²) in [5.41, 5.74) is 1.66. The number of carbonyl (C=O) groups excluding carboxylic acids is 2. The fourth-order valence-corrected chi connectivity index (χ4v) is 4.16.